The minimum Gasteiger partial charge on any atom is -0.503 e. The Bertz CT molecular complexity index is 1210. The highest BCUT2D eigenvalue weighted by Gasteiger charge is 2.45. The molecule has 1 N–H and O–H groups in total. The van der Waals surface area contributed by atoms with Crippen LogP contribution in [0.2, 0.25) is 0 Å². The first-order chi connectivity index (χ1) is 16.0. The van der Waals surface area contributed by atoms with Gasteiger partial charge in [0.1, 0.15) is 11.4 Å². The maximum atomic E-state index is 14.9. The number of hydrogen-bond donors (Lipinski definition) is 1. The minimum atomic E-state index is -1.06. The number of rotatable bonds is 6. The number of para-hydroxylation sites is 1. The van der Waals surface area contributed by atoms with Gasteiger partial charge in [0.25, 0.3) is 5.91 Å². The number of ketones is 1. The van der Waals surface area contributed by atoms with Crippen LogP contribution in [-0.4, -0.2) is 66.0 Å². The highest BCUT2D eigenvalue weighted by Crippen LogP contribution is 2.40. The van der Waals surface area contributed by atoms with E-state index in [1.54, 1.807) is 30.3 Å². The molecule has 8 heteroatoms. The van der Waals surface area contributed by atoms with Gasteiger partial charge in [-0.2, -0.15) is 0 Å². The molecule has 3 aromatic rings. The fourth-order valence-electron chi connectivity index (χ4n) is 4.44. The Balaban J connectivity index is 1.52. The first-order valence-electron chi connectivity index (χ1n) is 10.9. The third kappa shape index (κ3) is 3.92. The average molecular weight is 450 g/mol. The Hall–Kier alpha value is -3.49. The van der Waals surface area contributed by atoms with E-state index in [0.29, 0.717) is 25.3 Å². The second-order valence-corrected chi connectivity index (χ2v) is 8.12. The van der Waals surface area contributed by atoms with Crippen molar-refractivity contribution in [3.63, 3.8) is 0 Å². The maximum Gasteiger partial charge on any atom is 0.290 e. The summed E-state index contributed by atoms with van der Waals surface area (Å²) in [6.45, 7) is 3.37. The van der Waals surface area contributed by atoms with E-state index in [1.807, 2.05) is 6.07 Å². The molecule has 0 aliphatic carbocycles. The van der Waals surface area contributed by atoms with Gasteiger partial charge in [-0.25, -0.2) is 4.39 Å². The normalized spacial score (nSPS) is 19.6. The summed E-state index contributed by atoms with van der Waals surface area (Å²) < 4.78 is 25.9. The quantitative estimate of drug-likeness (QED) is 0.579. The number of amides is 1. The van der Waals surface area contributed by atoms with Crippen molar-refractivity contribution in [3.05, 3.63) is 83.1 Å². The molecule has 2 aliphatic heterocycles. The van der Waals surface area contributed by atoms with Crippen molar-refractivity contribution in [2.45, 2.75) is 6.04 Å². The van der Waals surface area contributed by atoms with E-state index in [9.17, 15) is 19.1 Å². The summed E-state index contributed by atoms with van der Waals surface area (Å²) >= 11 is 0. The van der Waals surface area contributed by atoms with Gasteiger partial charge < -0.3 is 19.2 Å². The molecule has 0 spiro atoms. The molecule has 1 fully saturated rings. The number of hydrogen-bond acceptors (Lipinski definition) is 6. The summed E-state index contributed by atoms with van der Waals surface area (Å²) in [4.78, 5) is 30.0. The van der Waals surface area contributed by atoms with E-state index in [1.165, 1.54) is 23.1 Å². The molecule has 3 heterocycles. The van der Waals surface area contributed by atoms with Gasteiger partial charge in [0.15, 0.2) is 11.5 Å². The molecule has 170 valence electrons. The Morgan fingerprint density at radius 3 is 2.55 bits per heavy atom. The van der Waals surface area contributed by atoms with Crippen LogP contribution in [0.5, 0.6) is 0 Å². The molecule has 7 nitrogen and oxygen atoms in total. The topological polar surface area (TPSA) is 83.2 Å². The molecule has 33 heavy (non-hydrogen) atoms. The van der Waals surface area contributed by atoms with Crippen LogP contribution in [0.1, 0.15) is 22.2 Å². The third-order valence-corrected chi connectivity index (χ3v) is 6.16. The molecule has 1 saturated heterocycles. The summed E-state index contributed by atoms with van der Waals surface area (Å²) in [5.74, 6) is -2.58. The van der Waals surface area contributed by atoms with Crippen LogP contribution in [0, 0.1) is 5.82 Å². The number of carbonyl (C=O) groups excluding carboxylic acids is 2. The second kappa shape index (κ2) is 8.80. The van der Waals surface area contributed by atoms with Crippen molar-refractivity contribution in [3.8, 4) is 0 Å². The molecule has 5 rings (SSSR count). The van der Waals surface area contributed by atoms with Crippen molar-refractivity contribution in [1.29, 1.82) is 0 Å². The predicted molar refractivity (Wildman–Crippen MR) is 118 cm³/mol. The van der Waals surface area contributed by atoms with Gasteiger partial charge in [-0.1, -0.05) is 36.4 Å². The van der Waals surface area contributed by atoms with Gasteiger partial charge in [0.2, 0.25) is 5.78 Å². The zero-order valence-electron chi connectivity index (χ0n) is 17.9. The lowest BCUT2D eigenvalue weighted by Crippen LogP contribution is -2.43. The number of benzene rings is 2. The third-order valence-electron chi connectivity index (χ3n) is 6.16. The number of Topliss-reactive ketones (excluding diaryl/α,β-unsaturated/α-hetero) is 1. The number of morpholine rings is 1. The van der Waals surface area contributed by atoms with Gasteiger partial charge in [-0.15, -0.1) is 0 Å². The highest BCUT2D eigenvalue weighted by atomic mass is 19.1. The van der Waals surface area contributed by atoms with Gasteiger partial charge in [0.05, 0.1) is 24.8 Å². The number of halogens is 1. The molecule has 1 amide bonds. The molecule has 0 saturated carbocycles. The monoisotopic (exact) mass is 450 g/mol. The first-order valence-corrected chi connectivity index (χ1v) is 10.9. The number of furan rings is 1. The fourth-order valence-corrected chi connectivity index (χ4v) is 4.44. The summed E-state index contributed by atoms with van der Waals surface area (Å²) in [5.41, 5.74) is 0.486. The van der Waals surface area contributed by atoms with Crippen LogP contribution < -0.4 is 0 Å². The number of carbonyl (C=O) groups is 2. The molecule has 2 aliphatic rings. The zero-order chi connectivity index (χ0) is 22.9. The van der Waals surface area contributed by atoms with Crippen molar-refractivity contribution >= 4 is 22.7 Å². The van der Waals surface area contributed by atoms with Crippen molar-refractivity contribution in [2.24, 2.45) is 0 Å². The van der Waals surface area contributed by atoms with Gasteiger partial charge in [0, 0.05) is 37.1 Å². The lowest BCUT2D eigenvalue weighted by molar-refractivity contribution is -0.129. The highest BCUT2D eigenvalue weighted by molar-refractivity contribution is 6.16. The summed E-state index contributed by atoms with van der Waals surface area (Å²) in [7, 11) is 0. The number of aliphatic hydroxyl groups excluding tert-OH is 1. The zero-order valence-corrected chi connectivity index (χ0v) is 17.9. The van der Waals surface area contributed by atoms with E-state index in [2.05, 4.69) is 4.90 Å². The van der Waals surface area contributed by atoms with Crippen molar-refractivity contribution in [1.82, 2.24) is 9.80 Å². The Labute approximate surface area is 189 Å². The standard InChI is InChI=1S/C25H23FN2O5/c26-18-7-3-2-6-17(18)22-21(23(29)20-15-16-5-1-4-8-19(16)33-20)24(30)25(31)28(22)10-9-27-11-13-32-14-12-27/h1-8,15,22,30H,9-14H2/t22-/m1/s1. The molecule has 0 radical (unpaired) electrons. The Morgan fingerprint density at radius 2 is 1.79 bits per heavy atom. The molecule has 2 aromatic carbocycles. The maximum absolute atomic E-state index is 14.9. The van der Waals surface area contributed by atoms with E-state index in [-0.39, 0.29) is 23.4 Å². The van der Waals surface area contributed by atoms with Gasteiger partial charge in [-0.05, 0) is 18.2 Å². The van der Waals surface area contributed by atoms with Crippen LogP contribution in [0.3, 0.4) is 0 Å². The fraction of sp³-hybridized carbons (Fsp3) is 0.280. The first kappa shape index (κ1) is 21.4. The number of aliphatic hydroxyl groups is 1. The van der Waals surface area contributed by atoms with E-state index < -0.39 is 29.3 Å². The minimum absolute atomic E-state index is 0.0121. The smallest absolute Gasteiger partial charge is 0.290 e. The lowest BCUT2D eigenvalue weighted by Gasteiger charge is -2.31. The number of nitrogens with zero attached hydrogens (tertiary/aromatic N) is 2. The van der Waals surface area contributed by atoms with Crippen LogP contribution in [0.15, 0.2) is 70.3 Å². The van der Waals surface area contributed by atoms with Gasteiger partial charge in [-0.3, -0.25) is 14.5 Å². The Morgan fingerprint density at radius 1 is 1.06 bits per heavy atom. The van der Waals surface area contributed by atoms with E-state index in [4.69, 9.17) is 9.15 Å². The summed E-state index contributed by atoms with van der Waals surface area (Å²) in [6, 6.07) is 13.6. The molecule has 1 aromatic heterocycles. The van der Waals surface area contributed by atoms with Crippen molar-refractivity contribution < 1.29 is 28.2 Å². The molecular weight excluding hydrogens is 427 g/mol. The second-order valence-electron chi connectivity index (χ2n) is 8.12. The van der Waals surface area contributed by atoms with E-state index in [0.717, 1.165) is 18.5 Å². The predicted octanol–water partition coefficient (Wildman–Crippen LogP) is 3.48. The number of fused-ring (bicyclic) bond motifs is 1. The van der Waals surface area contributed by atoms with Crippen LogP contribution in [-0.2, 0) is 9.53 Å². The summed E-state index contributed by atoms with van der Waals surface area (Å²) in [6.07, 6.45) is 0. The van der Waals surface area contributed by atoms with Gasteiger partial charge >= 0.3 is 0 Å². The molecular formula is C25H23FN2O5. The average Bonchev–Trinajstić information content (AvgIpc) is 3.38. The van der Waals surface area contributed by atoms with E-state index >= 15 is 0 Å². The van der Waals surface area contributed by atoms with Crippen LogP contribution in [0.25, 0.3) is 11.0 Å². The number of ether oxygens (including phenoxy) is 1. The molecule has 0 unspecified atom stereocenters. The van der Waals surface area contributed by atoms with Crippen LogP contribution in [0.4, 0.5) is 4.39 Å². The SMILES string of the molecule is O=C(C1=C(O)C(=O)N(CCN2CCOCC2)[C@@H]1c1ccccc1F)c1cc2ccccc2o1. The van der Waals surface area contributed by atoms with Crippen LogP contribution >= 0.6 is 0 Å². The summed E-state index contributed by atoms with van der Waals surface area (Å²) in [5, 5.41) is 11.5. The van der Waals surface area contributed by atoms with Crippen molar-refractivity contribution in [2.75, 3.05) is 39.4 Å². The largest absolute Gasteiger partial charge is 0.503 e. The Kier molecular flexibility index (Phi) is 5.70. The molecule has 0 bridgehead atoms. The lowest BCUT2D eigenvalue weighted by atomic mass is 9.94. The molecule has 1 atom stereocenters.